The van der Waals surface area contributed by atoms with Crippen molar-refractivity contribution in [1.29, 1.82) is 0 Å². The van der Waals surface area contributed by atoms with Crippen molar-refractivity contribution in [2.24, 2.45) is 23.5 Å². The number of carbonyl (C=O) groups is 2. The molecule has 0 unspecified atom stereocenters. The Morgan fingerprint density at radius 1 is 1.14 bits per heavy atom. The van der Waals surface area contributed by atoms with Crippen LogP contribution in [0.4, 0.5) is 5.13 Å². The Balaban J connectivity index is 1.21. The van der Waals surface area contributed by atoms with E-state index in [0.29, 0.717) is 16.4 Å². The monoisotopic (exact) mass is 412 g/mol. The number of rotatable bonds is 6. The Morgan fingerprint density at radius 2 is 1.83 bits per heavy atom. The minimum atomic E-state index is -0.536. The summed E-state index contributed by atoms with van der Waals surface area (Å²) in [5, 5.41) is 13.1. The number of primary amides is 1. The number of benzene rings is 1. The molecule has 2 amide bonds. The molecule has 4 aliphatic rings. The van der Waals surface area contributed by atoms with Gasteiger partial charge in [0.2, 0.25) is 11.0 Å². The highest BCUT2D eigenvalue weighted by molar-refractivity contribution is 7.15. The van der Waals surface area contributed by atoms with Gasteiger partial charge in [0, 0.05) is 11.0 Å². The van der Waals surface area contributed by atoms with Crippen molar-refractivity contribution in [3.05, 3.63) is 34.8 Å². The minimum Gasteiger partial charge on any atom is -0.484 e. The second kappa shape index (κ2) is 7.09. The number of nitrogens with one attached hydrogen (secondary N) is 1. The van der Waals surface area contributed by atoms with E-state index in [9.17, 15) is 9.59 Å². The van der Waals surface area contributed by atoms with Crippen molar-refractivity contribution >= 4 is 28.3 Å². The summed E-state index contributed by atoms with van der Waals surface area (Å²) in [5.74, 6) is 2.10. The summed E-state index contributed by atoms with van der Waals surface area (Å²) in [6.07, 6.45) is 7.82. The highest BCUT2D eigenvalue weighted by atomic mass is 32.1. The van der Waals surface area contributed by atoms with Crippen LogP contribution < -0.4 is 15.8 Å². The van der Waals surface area contributed by atoms with E-state index in [4.69, 9.17) is 10.5 Å². The topological polar surface area (TPSA) is 107 Å². The van der Waals surface area contributed by atoms with Crippen molar-refractivity contribution < 1.29 is 14.3 Å². The largest absolute Gasteiger partial charge is 0.484 e. The van der Waals surface area contributed by atoms with E-state index in [2.05, 4.69) is 15.5 Å². The van der Waals surface area contributed by atoms with E-state index in [-0.39, 0.29) is 17.9 Å². The third kappa shape index (κ3) is 3.61. The van der Waals surface area contributed by atoms with E-state index >= 15 is 0 Å². The first-order valence-corrected chi connectivity index (χ1v) is 11.0. The maximum absolute atomic E-state index is 12.3. The Bertz CT molecular complexity index is 922. The lowest BCUT2D eigenvalue weighted by molar-refractivity contribution is -0.118. The fourth-order valence-electron chi connectivity index (χ4n) is 5.90. The van der Waals surface area contributed by atoms with E-state index in [0.717, 1.165) is 22.8 Å². The Labute approximate surface area is 173 Å². The number of aromatic nitrogens is 2. The number of hydrogen-bond donors (Lipinski definition) is 2. The standard InChI is InChI=1S/C21H24N4O3S/c22-18(27)15-2-1-3-16(7-15)28-11-17(26)23-20-25-24-19(29-20)21-8-12-4-13(9-21)6-14(5-12)10-21/h1-3,7,12-14H,4-6,8-11H2,(H2,22,27)(H,23,25,26). The van der Waals surface area contributed by atoms with Gasteiger partial charge in [0.1, 0.15) is 10.8 Å². The predicted molar refractivity (Wildman–Crippen MR) is 109 cm³/mol. The number of ether oxygens (including phenoxy) is 1. The van der Waals surface area contributed by atoms with Gasteiger partial charge >= 0.3 is 0 Å². The van der Waals surface area contributed by atoms with Gasteiger partial charge in [-0.25, -0.2) is 0 Å². The smallest absolute Gasteiger partial charge is 0.264 e. The predicted octanol–water partition coefficient (Wildman–Crippen LogP) is 3.12. The van der Waals surface area contributed by atoms with Gasteiger partial charge in [-0.05, 0) is 74.5 Å². The summed E-state index contributed by atoms with van der Waals surface area (Å²) in [5.41, 5.74) is 5.78. The molecule has 0 atom stereocenters. The molecule has 4 fully saturated rings. The molecular weight excluding hydrogens is 388 g/mol. The molecule has 29 heavy (non-hydrogen) atoms. The van der Waals surface area contributed by atoms with Crippen LogP contribution in [0.15, 0.2) is 24.3 Å². The van der Waals surface area contributed by atoms with Crippen LogP contribution in [0, 0.1) is 17.8 Å². The lowest BCUT2D eigenvalue weighted by Gasteiger charge is -2.55. The zero-order valence-corrected chi connectivity index (χ0v) is 16.9. The van der Waals surface area contributed by atoms with E-state index in [1.165, 1.54) is 55.9 Å². The molecular formula is C21H24N4O3S. The Kier molecular flexibility index (Phi) is 4.53. The van der Waals surface area contributed by atoms with Gasteiger partial charge < -0.3 is 10.5 Å². The molecule has 4 bridgehead atoms. The van der Waals surface area contributed by atoms with Crippen molar-refractivity contribution in [3.63, 3.8) is 0 Å². The molecule has 4 saturated carbocycles. The third-order valence-electron chi connectivity index (χ3n) is 6.65. The highest BCUT2D eigenvalue weighted by Gasteiger charge is 2.53. The second-order valence-corrected chi connectivity index (χ2v) is 9.82. The van der Waals surface area contributed by atoms with E-state index in [1.807, 2.05) is 0 Å². The number of nitrogens with two attached hydrogens (primary N) is 1. The van der Waals surface area contributed by atoms with Gasteiger partial charge in [-0.1, -0.05) is 17.4 Å². The first kappa shape index (κ1) is 18.5. The summed E-state index contributed by atoms with van der Waals surface area (Å²) in [7, 11) is 0. The second-order valence-electron chi connectivity index (χ2n) is 8.84. The summed E-state index contributed by atoms with van der Waals surface area (Å²) >= 11 is 1.51. The van der Waals surface area contributed by atoms with Crippen molar-refractivity contribution in [1.82, 2.24) is 10.2 Å². The molecule has 7 nitrogen and oxygen atoms in total. The zero-order valence-electron chi connectivity index (χ0n) is 16.1. The Morgan fingerprint density at radius 3 is 2.48 bits per heavy atom. The van der Waals surface area contributed by atoms with Crippen LogP contribution in [0.1, 0.15) is 53.9 Å². The lowest BCUT2D eigenvalue weighted by Crippen LogP contribution is -2.48. The molecule has 4 aliphatic carbocycles. The Hall–Kier alpha value is -2.48. The number of nitrogens with zero attached hydrogens (tertiary/aromatic N) is 2. The molecule has 3 N–H and O–H groups in total. The molecule has 1 aromatic heterocycles. The normalized spacial score (nSPS) is 29.6. The van der Waals surface area contributed by atoms with Crippen molar-refractivity contribution in [2.75, 3.05) is 11.9 Å². The number of carbonyl (C=O) groups excluding carboxylic acids is 2. The zero-order chi connectivity index (χ0) is 20.0. The van der Waals surface area contributed by atoms with Crippen LogP contribution in [-0.4, -0.2) is 28.6 Å². The molecule has 6 rings (SSSR count). The lowest BCUT2D eigenvalue weighted by atomic mass is 9.50. The van der Waals surface area contributed by atoms with Crippen LogP contribution in [0.3, 0.4) is 0 Å². The van der Waals surface area contributed by atoms with Crippen molar-refractivity contribution in [2.45, 2.75) is 43.9 Å². The van der Waals surface area contributed by atoms with Gasteiger partial charge in [-0.2, -0.15) is 0 Å². The average molecular weight is 413 g/mol. The fraction of sp³-hybridized carbons (Fsp3) is 0.524. The van der Waals surface area contributed by atoms with E-state index in [1.54, 1.807) is 18.2 Å². The number of amides is 2. The maximum atomic E-state index is 12.3. The first-order chi connectivity index (χ1) is 14.0. The van der Waals surface area contributed by atoms with Gasteiger partial charge in [0.05, 0.1) is 0 Å². The molecule has 1 aromatic carbocycles. The third-order valence-corrected chi connectivity index (χ3v) is 7.74. The van der Waals surface area contributed by atoms with Gasteiger partial charge in [0.25, 0.3) is 5.91 Å². The molecule has 0 spiro atoms. The molecule has 0 saturated heterocycles. The van der Waals surface area contributed by atoms with Gasteiger partial charge in [0.15, 0.2) is 6.61 Å². The highest BCUT2D eigenvalue weighted by Crippen LogP contribution is 2.61. The molecule has 152 valence electrons. The molecule has 8 heteroatoms. The molecule has 2 aromatic rings. The summed E-state index contributed by atoms with van der Waals surface area (Å²) in [6, 6.07) is 6.46. The minimum absolute atomic E-state index is 0.172. The van der Waals surface area contributed by atoms with Gasteiger partial charge in [-0.3, -0.25) is 14.9 Å². The average Bonchev–Trinajstić information content (AvgIpc) is 3.15. The molecule has 0 radical (unpaired) electrons. The van der Waals surface area contributed by atoms with Crippen LogP contribution >= 0.6 is 11.3 Å². The molecule has 0 aliphatic heterocycles. The van der Waals surface area contributed by atoms with Gasteiger partial charge in [-0.15, -0.1) is 10.2 Å². The summed E-state index contributed by atoms with van der Waals surface area (Å²) in [6.45, 7) is -0.172. The van der Waals surface area contributed by atoms with E-state index < -0.39 is 5.91 Å². The van der Waals surface area contributed by atoms with Crippen molar-refractivity contribution in [3.8, 4) is 5.75 Å². The van der Waals surface area contributed by atoms with Crippen LogP contribution in [-0.2, 0) is 10.2 Å². The maximum Gasteiger partial charge on any atom is 0.264 e. The SMILES string of the molecule is NC(=O)c1cccc(OCC(=O)Nc2nnc(C34CC5CC(CC(C5)C3)C4)s2)c1. The fourth-order valence-corrected chi connectivity index (χ4v) is 6.88. The summed E-state index contributed by atoms with van der Waals surface area (Å²) < 4.78 is 5.47. The van der Waals surface area contributed by atoms with Crippen LogP contribution in [0.5, 0.6) is 5.75 Å². The molecule has 1 heterocycles. The number of hydrogen-bond acceptors (Lipinski definition) is 6. The summed E-state index contributed by atoms with van der Waals surface area (Å²) in [4.78, 5) is 23.5. The van der Waals surface area contributed by atoms with Crippen LogP contribution in [0.25, 0.3) is 0 Å². The number of anilines is 1. The quantitative estimate of drug-likeness (QED) is 0.758. The first-order valence-electron chi connectivity index (χ1n) is 10.2. The van der Waals surface area contributed by atoms with Crippen LogP contribution in [0.2, 0.25) is 0 Å².